The van der Waals surface area contributed by atoms with Crippen LogP contribution >= 0.6 is 11.6 Å². The van der Waals surface area contributed by atoms with Gasteiger partial charge in [-0.15, -0.1) is 0 Å². The normalized spacial score (nSPS) is 10.7. The molecule has 1 heterocycles. The molecule has 0 saturated heterocycles. The van der Waals surface area contributed by atoms with E-state index in [9.17, 15) is 0 Å². The predicted molar refractivity (Wildman–Crippen MR) is 82.5 cm³/mol. The van der Waals surface area contributed by atoms with Gasteiger partial charge in [-0.3, -0.25) is 4.98 Å². The molecule has 0 saturated carbocycles. The standard InChI is InChI=1S/C16H19ClN2O/c1-5-14-10(3)18-15(6-2)16(19-14)12-8-7-11(20-4)9-13(12)17/h7-9H,5-6H2,1-4H3. The fourth-order valence-corrected chi connectivity index (χ4v) is 2.47. The van der Waals surface area contributed by atoms with E-state index in [0.29, 0.717) is 5.02 Å². The lowest BCUT2D eigenvalue weighted by Crippen LogP contribution is -2.04. The second-order valence-corrected chi connectivity index (χ2v) is 5.01. The molecule has 0 unspecified atom stereocenters. The summed E-state index contributed by atoms with van der Waals surface area (Å²) in [5, 5.41) is 0.638. The Bertz CT molecular complexity index is 626. The Morgan fingerprint density at radius 2 is 1.80 bits per heavy atom. The minimum Gasteiger partial charge on any atom is -0.497 e. The molecular formula is C16H19ClN2O. The number of halogens is 1. The van der Waals surface area contributed by atoms with Crippen LogP contribution in [0.25, 0.3) is 11.3 Å². The molecule has 1 aromatic carbocycles. The van der Waals surface area contributed by atoms with E-state index in [1.165, 1.54) is 0 Å². The summed E-state index contributed by atoms with van der Waals surface area (Å²) >= 11 is 6.36. The average Bonchev–Trinajstić information content (AvgIpc) is 2.47. The molecule has 106 valence electrons. The van der Waals surface area contributed by atoms with Crippen molar-refractivity contribution >= 4 is 11.6 Å². The molecule has 0 fully saturated rings. The van der Waals surface area contributed by atoms with Crippen LogP contribution in [0.5, 0.6) is 5.75 Å². The maximum Gasteiger partial charge on any atom is 0.120 e. The molecule has 0 N–H and O–H groups in total. The molecule has 0 spiro atoms. The van der Waals surface area contributed by atoms with Crippen LogP contribution in [0.2, 0.25) is 5.02 Å². The number of benzene rings is 1. The SMILES string of the molecule is CCc1nc(-c2ccc(OC)cc2Cl)c(CC)nc1C. The summed E-state index contributed by atoms with van der Waals surface area (Å²) in [7, 11) is 1.63. The first-order valence-electron chi connectivity index (χ1n) is 6.81. The average molecular weight is 291 g/mol. The largest absolute Gasteiger partial charge is 0.497 e. The summed E-state index contributed by atoms with van der Waals surface area (Å²) in [6, 6.07) is 5.65. The highest BCUT2D eigenvalue weighted by atomic mass is 35.5. The molecule has 0 aliphatic rings. The zero-order valence-electron chi connectivity index (χ0n) is 12.3. The first-order valence-corrected chi connectivity index (χ1v) is 7.18. The van der Waals surface area contributed by atoms with E-state index in [1.54, 1.807) is 7.11 Å². The zero-order chi connectivity index (χ0) is 14.7. The van der Waals surface area contributed by atoms with E-state index in [1.807, 2.05) is 25.1 Å². The van der Waals surface area contributed by atoms with Gasteiger partial charge in [0.05, 0.1) is 34.9 Å². The number of rotatable bonds is 4. The van der Waals surface area contributed by atoms with E-state index in [4.69, 9.17) is 21.3 Å². The Balaban J connectivity index is 2.61. The highest BCUT2D eigenvalue weighted by Gasteiger charge is 2.14. The highest BCUT2D eigenvalue weighted by molar-refractivity contribution is 6.33. The summed E-state index contributed by atoms with van der Waals surface area (Å²) < 4.78 is 5.19. The van der Waals surface area contributed by atoms with Gasteiger partial charge in [-0.2, -0.15) is 0 Å². The van der Waals surface area contributed by atoms with Crippen molar-refractivity contribution in [1.29, 1.82) is 0 Å². The fraction of sp³-hybridized carbons (Fsp3) is 0.375. The minimum absolute atomic E-state index is 0.638. The van der Waals surface area contributed by atoms with Crippen molar-refractivity contribution in [2.45, 2.75) is 33.6 Å². The van der Waals surface area contributed by atoms with Crippen molar-refractivity contribution in [1.82, 2.24) is 9.97 Å². The van der Waals surface area contributed by atoms with Gasteiger partial charge >= 0.3 is 0 Å². The topological polar surface area (TPSA) is 35.0 Å². The lowest BCUT2D eigenvalue weighted by molar-refractivity contribution is 0.415. The van der Waals surface area contributed by atoms with Crippen LogP contribution in [0.4, 0.5) is 0 Å². The summed E-state index contributed by atoms with van der Waals surface area (Å²) in [5.41, 5.74) is 4.78. The van der Waals surface area contributed by atoms with Crippen LogP contribution in [0.15, 0.2) is 18.2 Å². The van der Waals surface area contributed by atoms with Gasteiger partial charge < -0.3 is 4.74 Å². The fourth-order valence-electron chi connectivity index (χ4n) is 2.21. The van der Waals surface area contributed by atoms with Gasteiger partial charge in [0, 0.05) is 5.56 Å². The molecule has 2 aromatic rings. The first kappa shape index (κ1) is 14.8. The molecule has 20 heavy (non-hydrogen) atoms. The molecular weight excluding hydrogens is 272 g/mol. The smallest absolute Gasteiger partial charge is 0.120 e. The van der Waals surface area contributed by atoms with Crippen molar-refractivity contribution in [2.24, 2.45) is 0 Å². The number of aromatic nitrogens is 2. The number of methoxy groups -OCH3 is 1. The Kier molecular flexibility index (Phi) is 4.61. The van der Waals surface area contributed by atoms with E-state index in [-0.39, 0.29) is 0 Å². The van der Waals surface area contributed by atoms with Gasteiger partial charge in [0.1, 0.15) is 5.75 Å². The second kappa shape index (κ2) is 6.23. The number of hydrogen-bond acceptors (Lipinski definition) is 3. The molecule has 0 aliphatic heterocycles. The van der Waals surface area contributed by atoms with E-state index >= 15 is 0 Å². The van der Waals surface area contributed by atoms with Gasteiger partial charge in [-0.1, -0.05) is 25.4 Å². The van der Waals surface area contributed by atoms with Gasteiger partial charge in [-0.25, -0.2) is 4.98 Å². The van der Waals surface area contributed by atoms with Crippen molar-refractivity contribution in [3.63, 3.8) is 0 Å². The van der Waals surface area contributed by atoms with Crippen molar-refractivity contribution in [3.05, 3.63) is 40.3 Å². The Morgan fingerprint density at radius 3 is 2.35 bits per heavy atom. The van der Waals surface area contributed by atoms with Crippen LogP contribution < -0.4 is 4.74 Å². The molecule has 0 atom stereocenters. The second-order valence-electron chi connectivity index (χ2n) is 4.60. The van der Waals surface area contributed by atoms with Crippen molar-refractivity contribution < 1.29 is 4.74 Å². The lowest BCUT2D eigenvalue weighted by Gasteiger charge is -2.13. The van der Waals surface area contributed by atoms with Gasteiger partial charge in [0.2, 0.25) is 0 Å². The molecule has 0 bridgehead atoms. The molecule has 0 radical (unpaired) electrons. The van der Waals surface area contributed by atoms with Gasteiger partial charge in [-0.05, 0) is 38.0 Å². The van der Waals surface area contributed by atoms with Crippen molar-refractivity contribution in [2.75, 3.05) is 7.11 Å². The number of nitrogens with zero attached hydrogens (tertiary/aromatic N) is 2. The molecule has 2 rings (SSSR count). The summed E-state index contributed by atoms with van der Waals surface area (Å²) in [6.07, 6.45) is 1.69. The quantitative estimate of drug-likeness (QED) is 0.845. The van der Waals surface area contributed by atoms with Crippen LogP contribution in [0, 0.1) is 6.92 Å². The highest BCUT2D eigenvalue weighted by Crippen LogP contribution is 2.32. The molecule has 1 aromatic heterocycles. The first-order chi connectivity index (χ1) is 9.60. The number of ether oxygens (including phenoxy) is 1. The van der Waals surface area contributed by atoms with Crippen LogP contribution in [0.3, 0.4) is 0 Å². The maximum absolute atomic E-state index is 6.36. The summed E-state index contributed by atoms with van der Waals surface area (Å²) in [6.45, 7) is 6.17. The van der Waals surface area contributed by atoms with Crippen LogP contribution in [0.1, 0.15) is 30.9 Å². The van der Waals surface area contributed by atoms with Crippen molar-refractivity contribution in [3.8, 4) is 17.0 Å². The van der Waals surface area contributed by atoms with Gasteiger partial charge in [0.15, 0.2) is 0 Å². The third-order valence-electron chi connectivity index (χ3n) is 3.34. The Labute approximate surface area is 125 Å². The monoisotopic (exact) mass is 290 g/mol. The van der Waals surface area contributed by atoms with Gasteiger partial charge in [0.25, 0.3) is 0 Å². The summed E-state index contributed by atoms with van der Waals surface area (Å²) in [4.78, 5) is 9.43. The van der Waals surface area contributed by atoms with E-state index in [2.05, 4.69) is 18.8 Å². The Morgan fingerprint density at radius 1 is 1.10 bits per heavy atom. The van der Waals surface area contributed by atoms with Crippen LogP contribution in [-0.4, -0.2) is 17.1 Å². The molecule has 4 heteroatoms. The minimum atomic E-state index is 0.638. The number of aryl methyl sites for hydroxylation is 3. The van der Waals surface area contributed by atoms with E-state index < -0.39 is 0 Å². The predicted octanol–water partition coefficient (Wildman–Crippen LogP) is 4.24. The maximum atomic E-state index is 6.36. The molecule has 0 amide bonds. The van der Waals surface area contributed by atoms with E-state index in [0.717, 1.165) is 46.9 Å². The third kappa shape index (κ3) is 2.78. The summed E-state index contributed by atoms with van der Waals surface area (Å²) in [5.74, 6) is 0.743. The zero-order valence-corrected chi connectivity index (χ0v) is 13.1. The number of hydrogen-bond donors (Lipinski definition) is 0. The lowest BCUT2D eigenvalue weighted by atomic mass is 10.1. The third-order valence-corrected chi connectivity index (χ3v) is 3.65. The molecule has 3 nitrogen and oxygen atoms in total. The Hall–Kier alpha value is -1.61. The van der Waals surface area contributed by atoms with Crippen LogP contribution in [-0.2, 0) is 12.8 Å². The molecule has 0 aliphatic carbocycles.